The van der Waals surface area contributed by atoms with E-state index in [-0.39, 0.29) is 0 Å². The molecule has 0 bridgehead atoms. The Labute approximate surface area is 114 Å². The number of hydrogen-bond donors (Lipinski definition) is 0. The van der Waals surface area contributed by atoms with E-state index in [1.54, 1.807) is 0 Å². The fraction of sp³-hybridized carbons (Fsp3) is 0.375. The molecule has 1 aromatic carbocycles. The number of unbranched alkanes of at least 4 members (excludes halogenated alkanes) is 1. The lowest BCUT2D eigenvalue weighted by atomic mass is 10.1. The lowest BCUT2D eigenvalue weighted by Gasteiger charge is -2.09. The number of allylic oxidation sites excluding steroid dienone is 1. The number of ether oxygens (including phenoxy) is 1. The van der Waals surface area contributed by atoms with Gasteiger partial charge in [0.05, 0.1) is 17.6 Å². The molecule has 3 nitrogen and oxygen atoms in total. The summed E-state index contributed by atoms with van der Waals surface area (Å²) in [5.41, 5.74) is 5.13. The van der Waals surface area contributed by atoms with Crippen LogP contribution in [0.15, 0.2) is 24.8 Å². The first kappa shape index (κ1) is 13.5. The molecule has 19 heavy (non-hydrogen) atoms. The average molecular weight is 256 g/mol. The van der Waals surface area contributed by atoms with Crippen molar-refractivity contribution in [1.82, 2.24) is 9.97 Å². The Kier molecular flexibility index (Phi) is 4.15. The molecule has 1 heterocycles. The average Bonchev–Trinajstić information content (AvgIpc) is 2.37. The second-order valence-electron chi connectivity index (χ2n) is 4.82. The number of fused-ring (bicyclic) bond motifs is 1. The Balaban J connectivity index is 2.27. The molecule has 0 aliphatic rings. The molecule has 0 spiro atoms. The summed E-state index contributed by atoms with van der Waals surface area (Å²) in [6, 6.07) is 4.14. The molecule has 0 saturated heterocycles. The summed E-state index contributed by atoms with van der Waals surface area (Å²) >= 11 is 0. The van der Waals surface area contributed by atoms with Crippen LogP contribution in [0.1, 0.15) is 29.7 Å². The molecule has 2 rings (SSSR count). The van der Waals surface area contributed by atoms with Crippen LogP contribution in [-0.4, -0.2) is 16.6 Å². The SMILES string of the molecule is C=CCCCOc1nc2cc(C)c(C)cc2nc1C. The third-order valence-corrected chi connectivity index (χ3v) is 3.20. The minimum absolute atomic E-state index is 0.639. The van der Waals surface area contributed by atoms with Gasteiger partial charge in [-0.15, -0.1) is 6.58 Å². The molecule has 1 aromatic heterocycles. The van der Waals surface area contributed by atoms with Gasteiger partial charge >= 0.3 is 0 Å². The quantitative estimate of drug-likeness (QED) is 0.601. The first-order chi connectivity index (χ1) is 9.11. The second-order valence-corrected chi connectivity index (χ2v) is 4.82. The second kappa shape index (κ2) is 5.83. The molecular formula is C16H20N2O. The molecule has 0 saturated carbocycles. The van der Waals surface area contributed by atoms with Crippen LogP contribution in [0, 0.1) is 20.8 Å². The predicted octanol–water partition coefficient (Wildman–Crippen LogP) is 3.90. The molecule has 2 aromatic rings. The summed E-state index contributed by atoms with van der Waals surface area (Å²) in [6.45, 7) is 10.5. The van der Waals surface area contributed by atoms with Gasteiger partial charge in [0.15, 0.2) is 0 Å². The maximum atomic E-state index is 5.70. The van der Waals surface area contributed by atoms with Gasteiger partial charge < -0.3 is 4.74 Å². The van der Waals surface area contributed by atoms with Crippen LogP contribution in [0.2, 0.25) is 0 Å². The standard InChI is InChI=1S/C16H20N2O/c1-5-6-7-8-19-16-13(4)17-14-9-11(2)12(3)10-15(14)18-16/h5,9-10H,1,6-8H2,2-4H3. The van der Waals surface area contributed by atoms with Crippen LogP contribution >= 0.6 is 0 Å². The molecule has 0 atom stereocenters. The Morgan fingerprint density at radius 3 is 2.37 bits per heavy atom. The molecule has 100 valence electrons. The summed E-state index contributed by atoms with van der Waals surface area (Å²) in [6.07, 6.45) is 3.81. The first-order valence-corrected chi connectivity index (χ1v) is 6.61. The lowest BCUT2D eigenvalue weighted by Crippen LogP contribution is -2.02. The molecule has 0 radical (unpaired) electrons. The Hall–Kier alpha value is -1.90. The Bertz CT molecular complexity index is 605. The number of hydrogen-bond acceptors (Lipinski definition) is 3. The van der Waals surface area contributed by atoms with E-state index < -0.39 is 0 Å². The fourth-order valence-electron chi connectivity index (χ4n) is 1.92. The van der Waals surface area contributed by atoms with Crippen molar-refractivity contribution in [2.75, 3.05) is 6.61 Å². The van der Waals surface area contributed by atoms with E-state index in [2.05, 4.69) is 42.5 Å². The largest absolute Gasteiger partial charge is 0.476 e. The van der Waals surface area contributed by atoms with Gasteiger partial charge in [0.25, 0.3) is 0 Å². The van der Waals surface area contributed by atoms with Gasteiger partial charge in [-0.05, 0) is 56.9 Å². The summed E-state index contributed by atoms with van der Waals surface area (Å²) in [5.74, 6) is 0.639. The van der Waals surface area contributed by atoms with Gasteiger partial charge in [-0.3, -0.25) is 0 Å². The highest BCUT2D eigenvalue weighted by Crippen LogP contribution is 2.21. The Morgan fingerprint density at radius 2 is 1.74 bits per heavy atom. The number of aromatic nitrogens is 2. The van der Waals surface area contributed by atoms with E-state index >= 15 is 0 Å². The molecule has 3 heteroatoms. The van der Waals surface area contributed by atoms with Crippen molar-refractivity contribution >= 4 is 11.0 Å². The highest BCUT2D eigenvalue weighted by molar-refractivity contribution is 5.77. The van der Waals surface area contributed by atoms with E-state index in [0.717, 1.165) is 29.6 Å². The number of aryl methyl sites for hydroxylation is 3. The van der Waals surface area contributed by atoms with Gasteiger partial charge in [0.2, 0.25) is 5.88 Å². The zero-order valence-electron chi connectivity index (χ0n) is 11.9. The monoisotopic (exact) mass is 256 g/mol. The van der Waals surface area contributed by atoms with Crippen molar-refractivity contribution in [1.29, 1.82) is 0 Å². The maximum absolute atomic E-state index is 5.70. The summed E-state index contributed by atoms with van der Waals surface area (Å²) in [5, 5.41) is 0. The van der Waals surface area contributed by atoms with E-state index in [9.17, 15) is 0 Å². The van der Waals surface area contributed by atoms with E-state index in [1.807, 2.05) is 13.0 Å². The van der Waals surface area contributed by atoms with Crippen molar-refractivity contribution in [2.45, 2.75) is 33.6 Å². The third kappa shape index (κ3) is 3.11. The van der Waals surface area contributed by atoms with Crippen molar-refractivity contribution < 1.29 is 4.74 Å². The molecule has 0 aliphatic carbocycles. The number of rotatable bonds is 5. The minimum Gasteiger partial charge on any atom is -0.476 e. The normalized spacial score (nSPS) is 10.7. The molecule has 0 unspecified atom stereocenters. The first-order valence-electron chi connectivity index (χ1n) is 6.61. The van der Waals surface area contributed by atoms with Crippen LogP contribution < -0.4 is 4.74 Å². The molecule has 0 fully saturated rings. The minimum atomic E-state index is 0.639. The zero-order valence-corrected chi connectivity index (χ0v) is 11.9. The fourth-order valence-corrected chi connectivity index (χ4v) is 1.92. The van der Waals surface area contributed by atoms with Crippen molar-refractivity contribution in [3.8, 4) is 5.88 Å². The van der Waals surface area contributed by atoms with Crippen molar-refractivity contribution in [3.63, 3.8) is 0 Å². The molecule has 0 amide bonds. The molecular weight excluding hydrogens is 236 g/mol. The van der Waals surface area contributed by atoms with Crippen LogP contribution in [0.3, 0.4) is 0 Å². The lowest BCUT2D eigenvalue weighted by molar-refractivity contribution is 0.298. The summed E-state index contributed by atoms with van der Waals surface area (Å²) in [7, 11) is 0. The zero-order chi connectivity index (χ0) is 13.8. The summed E-state index contributed by atoms with van der Waals surface area (Å²) in [4.78, 5) is 9.13. The third-order valence-electron chi connectivity index (χ3n) is 3.20. The van der Waals surface area contributed by atoms with Gasteiger partial charge in [0.1, 0.15) is 5.69 Å². The van der Waals surface area contributed by atoms with E-state index in [1.165, 1.54) is 11.1 Å². The van der Waals surface area contributed by atoms with Gasteiger partial charge in [-0.1, -0.05) is 6.08 Å². The molecule has 0 aliphatic heterocycles. The predicted molar refractivity (Wildman–Crippen MR) is 78.7 cm³/mol. The van der Waals surface area contributed by atoms with Crippen LogP contribution in [0.25, 0.3) is 11.0 Å². The number of benzene rings is 1. The smallest absolute Gasteiger partial charge is 0.235 e. The molecule has 0 N–H and O–H groups in total. The van der Waals surface area contributed by atoms with E-state index in [4.69, 9.17) is 4.74 Å². The van der Waals surface area contributed by atoms with Crippen molar-refractivity contribution in [3.05, 3.63) is 41.6 Å². The van der Waals surface area contributed by atoms with Gasteiger partial charge in [-0.2, -0.15) is 0 Å². The van der Waals surface area contributed by atoms with Crippen molar-refractivity contribution in [2.24, 2.45) is 0 Å². The van der Waals surface area contributed by atoms with E-state index in [0.29, 0.717) is 12.5 Å². The maximum Gasteiger partial charge on any atom is 0.235 e. The van der Waals surface area contributed by atoms with Crippen LogP contribution in [0.5, 0.6) is 5.88 Å². The highest BCUT2D eigenvalue weighted by Gasteiger charge is 2.07. The number of nitrogens with zero attached hydrogens (tertiary/aromatic N) is 2. The highest BCUT2D eigenvalue weighted by atomic mass is 16.5. The van der Waals surface area contributed by atoms with Gasteiger partial charge in [0, 0.05) is 0 Å². The van der Waals surface area contributed by atoms with Crippen LogP contribution in [0.4, 0.5) is 0 Å². The summed E-state index contributed by atoms with van der Waals surface area (Å²) < 4.78 is 5.70. The topological polar surface area (TPSA) is 35.0 Å². The Morgan fingerprint density at radius 1 is 1.11 bits per heavy atom. The van der Waals surface area contributed by atoms with Gasteiger partial charge in [-0.25, -0.2) is 9.97 Å². The van der Waals surface area contributed by atoms with Crippen LogP contribution in [-0.2, 0) is 0 Å².